The molecular formula is C25H22ClFN6O2. The molecule has 0 aliphatic carbocycles. The van der Waals surface area contributed by atoms with Crippen LogP contribution in [0.15, 0.2) is 67.1 Å². The summed E-state index contributed by atoms with van der Waals surface area (Å²) in [6.07, 6.45) is 7.07. The van der Waals surface area contributed by atoms with Crippen LogP contribution >= 0.6 is 11.6 Å². The first-order chi connectivity index (χ1) is 17.1. The van der Waals surface area contributed by atoms with Crippen LogP contribution in [0.3, 0.4) is 0 Å². The van der Waals surface area contributed by atoms with Gasteiger partial charge in [-0.05, 0) is 43.2 Å². The van der Waals surface area contributed by atoms with E-state index in [-0.39, 0.29) is 11.4 Å². The number of nitrogens with one attached hydrogen (secondary N) is 3. The van der Waals surface area contributed by atoms with Crippen molar-refractivity contribution in [2.24, 2.45) is 0 Å². The highest BCUT2D eigenvalue weighted by molar-refractivity contribution is 6.34. The highest BCUT2D eigenvalue weighted by Gasteiger charge is 2.20. The number of anilines is 3. The van der Waals surface area contributed by atoms with Gasteiger partial charge in [0.15, 0.2) is 11.6 Å². The SMILES string of the molecule is O=C(Nc1ccc(Oc2ccnc(-c3cn[nH]c3)c2)c(F)c1)Nc1cccc(Cl)c1N1CCCC1. The third-order valence-electron chi connectivity index (χ3n) is 5.60. The van der Waals surface area contributed by atoms with Crippen molar-refractivity contribution in [2.75, 3.05) is 28.6 Å². The van der Waals surface area contributed by atoms with Gasteiger partial charge in [-0.1, -0.05) is 17.7 Å². The Kier molecular flexibility index (Phi) is 6.49. The molecule has 0 bridgehead atoms. The number of amides is 2. The van der Waals surface area contributed by atoms with Crippen LogP contribution in [0.5, 0.6) is 11.5 Å². The summed E-state index contributed by atoms with van der Waals surface area (Å²) in [5, 5.41) is 12.7. The molecule has 178 valence electrons. The number of aromatic amines is 1. The van der Waals surface area contributed by atoms with Gasteiger partial charge in [-0.3, -0.25) is 10.1 Å². The highest BCUT2D eigenvalue weighted by atomic mass is 35.5. The van der Waals surface area contributed by atoms with E-state index in [0.717, 1.165) is 37.2 Å². The van der Waals surface area contributed by atoms with Gasteiger partial charge in [-0.25, -0.2) is 9.18 Å². The van der Waals surface area contributed by atoms with Crippen molar-refractivity contribution in [3.8, 4) is 22.8 Å². The van der Waals surface area contributed by atoms with E-state index in [9.17, 15) is 9.18 Å². The quantitative estimate of drug-likeness (QED) is 0.293. The number of aromatic nitrogens is 3. The van der Waals surface area contributed by atoms with Crippen molar-refractivity contribution in [3.63, 3.8) is 0 Å². The highest BCUT2D eigenvalue weighted by Crippen LogP contribution is 2.36. The number of halogens is 2. The van der Waals surface area contributed by atoms with Gasteiger partial charge in [0.1, 0.15) is 5.75 Å². The number of para-hydroxylation sites is 1. The number of carbonyl (C=O) groups excluding carboxylic acids is 1. The largest absolute Gasteiger partial charge is 0.454 e. The second kappa shape index (κ2) is 10.0. The fraction of sp³-hybridized carbons (Fsp3) is 0.160. The van der Waals surface area contributed by atoms with Crippen LogP contribution in [-0.2, 0) is 0 Å². The molecule has 35 heavy (non-hydrogen) atoms. The Balaban J connectivity index is 1.26. The van der Waals surface area contributed by atoms with Crippen molar-refractivity contribution >= 4 is 34.7 Å². The minimum Gasteiger partial charge on any atom is -0.454 e. The monoisotopic (exact) mass is 492 g/mol. The number of nitrogens with zero attached hydrogens (tertiary/aromatic N) is 3. The number of urea groups is 1. The molecule has 3 N–H and O–H groups in total. The van der Waals surface area contributed by atoms with E-state index in [0.29, 0.717) is 22.2 Å². The van der Waals surface area contributed by atoms with Crippen molar-refractivity contribution in [1.82, 2.24) is 15.2 Å². The van der Waals surface area contributed by atoms with E-state index >= 15 is 0 Å². The normalized spacial score (nSPS) is 13.0. The lowest BCUT2D eigenvalue weighted by Gasteiger charge is -2.23. The van der Waals surface area contributed by atoms with Crippen LogP contribution in [0.4, 0.5) is 26.2 Å². The third kappa shape index (κ3) is 5.20. The van der Waals surface area contributed by atoms with Crippen molar-refractivity contribution in [1.29, 1.82) is 0 Å². The zero-order chi connectivity index (χ0) is 24.2. The lowest BCUT2D eigenvalue weighted by molar-refractivity contribution is 0.262. The second-order valence-electron chi connectivity index (χ2n) is 8.02. The topological polar surface area (TPSA) is 95.2 Å². The zero-order valence-corrected chi connectivity index (χ0v) is 19.3. The summed E-state index contributed by atoms with van der Waals surface area (Å²) < 4.78 is 20.5. The molecule has 0 unspecified atom stereocenters. The zero-order valence-electron chi connectivity index (χ0n) is 18.6. The van der Waals surface area contributed by atoms with E-state index in [1.165, 1.54) is 12.1 Å². The number of hydrogen-bond acceptors (Lipinski definition) is 5. The van der Waals surface area contributed by atoms with Crippen molar-refractivity contribution < 1.29 is 13.9 Å². The predicted octanol–water partition coefficient (Wildman–Crippen LogP) is 6.30. The van der Waals surface area contributed by atoms with Gasteiger partial charge in [0.05, 0.1) is 28.3 Å². The standard InChI is InChI=1S/C25H22ClFN6O2/c26-19-4-3-5-21(24(19)33-10-1-2-11-33)32-25(34)31-17-6-7-23(20(27)12-17)35-18-8-9-28-22(13-18)16-14-29-30-15-16/h3-9,12-15H,1-2,10-11H2,(H,29,30)(H2,31,32,34). The minimum atomic E-state index is -0.620. The van der Waals surface area contributed by atoms with Crippen LogP contribution < -0.4 is 20.3 Å². The van der Waals surface area contributed by atoms with Gasteiger partial charge < -0.3 is 20.3 Å². The molecule has 8 nitrogen and oxygen atoms in total. The number of ether oxygens (including phenoxy) is 1. The summed E-state index contributed by atoms with van der Waals surface area (Å²) >= 11 is 6.41. The van der Waals surface area contributed by atoms with Gasteiger partial charge in [-0.2, -0.15) is 5.10 Å². The first-order valence-corrected chi connectivity index (χ1v) is 11.5. The lowest BCUT2D eigenvalue weighted by atomic mass is 10.2. The third-order valence-corrected chi connectivity index (χ3v) is 5.91. The van der Waals surface area contributed by atoms with Gasteiger partial charge in [-0.15, -0.1) is 0 Å². The van der Waals surface area contributed by atoms with Crippen molar-refractivity contribution in [3.05, 3.63) is 78.0 Å². The van der Waals surface area contributed by atoms with Crippen LogP contribution in [0, 0.1) is 5.82 Å². The molecule has 2 aromatic carbocycles. The Morgan fingerprint density at radius 1 is 1.11 bits per heavy atom. The Hall–Kier alpha value is -4.11. The number of hydrogen-bond donors (Lipinski definition) is 3. The molecule has 1 saturated heterocycles. The molecule has 2 amide bonds. The summed E-state index contributed by atoms with van der Waals surface area (Å²) in [6, 6.07) is 12.4. The molecule has 3 heterocycles. The summed E-state index contributed by atoms with van der Waals surface area (Å²) in [5.41, 5.74) is 3.10. The number of benzene rings is 2. The first-order valence-electron chi connectivity index (χ1n) is 11.1. The van der Waals surface area contributed by atoms with Crippen LogP contribution in [0.2, 0.25) is 5.02 Å². The maximum absolute atomic E-state index is 14.8. The second-order valence-corrected chi connectivity index (χ2v) is 8.43. The molecule has 0 spiro atoms. The molecule has 10 heteroatoms. The van der Waals surface area contributed by atoms with Gasteiger partial charge in [0, 0.05) is 48.9 Å². The number of carbonyl (C=O) groups is 1. The fourth-order valence-corrected chi connectivity index (χ4v) is 4.27. The van der Waals surface area contributed by atoms with E-state index in [2.05, 4.69) is 30.7 Å². The number of H-pyrrole nitrogens is 1. The van der Waals surface area contributed by atoms with Crippen molar-refractivity contribution in [2.45, 2.75) is 12.8 Å². The Morgan fingerprint density at radius 3 is 2.74 bits per heavy atom. The summed E-state index contributed by atoms with van der Waals surface area (Å²) in [7, 11) is 0. The average Bonchev–Trinajstić information content (AvgIpc) is 3.56. The van der Waals surface area contributed by atoms with Gasteiger partial charge in [0.25, 0.3) is 0 Å². The molecule has 0 atom stereocenters. The van der Waals surface area contributed by atoms with Crippen LogP contribution in [-0.4, -0.2) is 34.3 Å². The first kappa shape index (κ1) is 22.7. The van der Waals surface area contributed by atoms with Gasteiger partial charge in [0.2, 0.25) is 0 Å². The molecular weight excluding hydrogens is 471 g/mol. The molecule has 0 radical (unpaired) electrons. The molecule has 5 rings (SSSR count). The minimum absolute atomic E-state index is 0.0199. The molecule has 0 saturated carbocycles. The Morgan fingerprint density at radius 2 is 1.97 bits per heavy atom. The summed E-state index contributed by atoms with van der Waals surface area (Å²) in [6.45, 7) is 1.77. The molecule has 1 fully saturated rings. The lowest BCUT2D eigenvalue weighted by Crippen LogP contribution is -2.24. The van der Waals surface area contributed by atoms with Crippen LogP contribution in [0.25, 0.3) is 11.3 Å². The maximum Gasteiger partial charge on any atom is 0.323 e. The van der Waals surface area contributed by atoms with E-state index in [1.54, 1.807) is 55.0 Å². The average molecular weight is 493 g/mol. The Labute approximate surface area is 206 Å². The number of pyridine rings is 1. The maximum atomic E-state index is 14.8. The summed E-state index contributed by atoms with van der Waals surface area (Å²) in [5.74, 6) is -0.180. The van der Waals surface area contributed by atoms with Crippen LogP contribution in [0.1, 0.15) is 12.8 Å². The molecule has 1 aliphatic rings. The van der Waals surface area contributed by atoms with E-state index in [4.69, 9.17) is 16.3 Å². The fourth-order valence-electron chi connectivity index (χ4n) is 3.97. The molecule has 4 aromatic rings. The summed E-state index contributed by atoms with van der Waals surface area (Å²) in [4.78, 5) is 19.1. The van der Waals surface area contributed by atoms with E-state index < -0.39 is 11.8 Å². The van der Waals surface area contributed by atoms with Gasteiger partial charge >= 0.3 is 6.03 Å². The van der Waals surface area contributed by atoms with E-state index in [1.807, 2.05) is 0 Å². The smallest absolute Gasteiger partial charge is 0.323 e. The number of rotatable bonds is 6. The molecule has 2 aromatic heterocycles. The molecule has 1 aliphatic heterocycles. The Bertz CT molecular complexity index is 1340. The predicted molar refractivity (Wildman–Crippen MR) is 134 cm³/mol.